The maximum atomic E-state index is 10.5. The van der Waals surface area contributed by atoms with Crippen LogP contribution >= 0.6 is 27.5 Å². The number of isocyanates is 1. The Hall–Kier alpha value is -0.453. The molecule has 0 saturated heterocycles. The molecule has 1 aromatic rings. The normalized spacial score (nSPS) is 13.7. The van der Waals surface area contributed by atoms with Crippen LogP contribution in [0.25, 0.3) is 0 Å². The fourth-order valence-corrected chi connectivity index (χ4v) is 3.93. The van der Waals surface area contributed by atoms with Gasteiger partial charge >= 0.3 is 0 Å². The molecule has 116 valence electrons. The molecule has 1 unspecified atom stereocenters. The minimum atomic E-state index is -1.90. The Morgan fingerprint density at radius 3 is 2.43 bits per heavy atom. The fraction of sp³-hybridized carbons (Fsp3) is 0.533. The Bertz CT molecular complexity index is 578. The summed E-state index contributed by atoms with van der Waals surface area (Å²) >= 11 is 9.64. The van der Waals surface area contributed by atoms with E-state index in [9.17, 15) is 4.79 Å². The number of nitrogens with zero attached hydrogens (tertiary/aromatic N) is 1. The van der Waals surface area contributed by atoms with Gasteiger partial charge < -0.3 is 4.43 Å². The lowest BCUT2D eigenvalue weighted by Crippen LogP contribution is -2.41. The Kier molecular flexibility index (Phi) is 5.98. The van der Waals surface area contributed by atoms with Crippen LogP contribution in [0, 0.1) is 0 Å². The van der Waals surface area contributed by atoms with Gasteiger partial charge in [0, 0.05) is 15.1 Å². The summed E-state index contributed by atoms with van der Waals surface area (Å²) in [4.78, 5) is 14.2. The summed E-state index contributed by atoms with van der Waals surface area (Å²) < 4.78 is 7.01. The van der Waals surface area contributed by atoms with E-state index in [2.05, 4.69) is 54.8 Å². The zero-order valence-corrected chi connectivity index (χ0v) is 16.6. The maximum Gasteiger partial charge on any atom is 0.240 e. The van der Waals surface area contributed by atoms with Crippen molar-refractivity contribution in [2.75, 3.05) is 0 Å². The molecule has 0 spiro atoms. The quantitative estimate of drug-likeness (QED) is 0.351. The molecule has 0 amide bonds. The highest BCUT2D eigenvalue weighted by Crippen LogP contribution is 2.42. The van der Waals surface area contributed by atoms with Crippen LogP contribution in [0.4, 0.5) is 5.69 Å². The first-order chi connectivity index (χ1) is 9.49. The highest BCUT2D eigenvalue weighted by atomic mass is 79.9. The van der Waals surface area contributed by atoms with E-state index in [0.29, 0.717) is 15.2 Å². The van der Waals surface area contributed by atoms with Gasteiger partial charge in [-0.25, -0.2) is 4.79 Å². The average molecular weight is 391 g/mol. The van der Waals surface area contributed by atoms with Gasteiger partial charge in [-0.15, -0.1) is 0 Å². The van der Waals surface area contributed by atoms with Crippen molar-refractivity contribution in [2.45, 2.75) is 51.9 Å². The predicted molar refractivity (Wildman–Crippen MR) is 93.6 cm³/mol. The number of aliphatic imine (C=N–C) groups is 1. The van der Waals surface area contributed by atoms with Gasteiger partial charge in [-0.1, -0.05) is 32.4 Å². The molecule has 21 heavy (non-hydrogen) atoms. The molecule has 0 heterocycles. The minimum absolute atomic E-state index is 0.118. The molecule has 0 saturated carbocycles. The van der Waals surface area contributed by atoms with Crippen LogP contribution in [-0.4, -0.2) is 14.4 Å². The molecule has 0 aliphatic carbocycles. The third-order valence-electron chi connectivity index (χ3n) is 3.95. The van der Waals surface area contributed by atoms with Crippen LogP contribution in [0.3, 0.4) is 0 Å². The van der Waals surface area contributed by atoms with E-state index in [1.165, 1.54) is 0 Å². The van der Waals surface area contributed by atoms with Crippen molar-refractivity contribution in [1.29, 1.82) is 0 Å². The van der Waals surface area contributed by atoms with Crippen molar-refractivity contribution in [3.63, 3.8) is 0 Å². The summed E-state index contributed by atoms with van der Waals surface area (Å²) in [5.74, 6) is 0. The molecular weight excluding hydrogens is 370 g/mol. The Morgan fingerprint density at radius 2 is 1.95 bits per heavy atom. The van der Waals surface area contributed by atoms with Gasteiger partial charge in [0.05, 0.1) is 11.8 Å². The molecule has 0 aliphatic rings. The van der Waals surface area contributed by atoms with Crippen LogP contribution in [0.2, 0.25) is 23.2 Å². The molecule has 0 fully saturated rings. The van der Waals surface area contributed by atoms with Crippen molar-refractivity contribution in [1.82, 2.24) is 0 Å². The van der Waals surface area contributed by atoms with Crippen LogP contribution in [0.5, 0.6) is 0 Å². The Morgan fingerprint density at radius 1 is 1.38 bits per heavy atom. The summed E-state index contributed by atoms with van der Waals surface area (Å²) in [5.41, 5.74) is 1.34. The van der Waals surface area contributed by atoms with Gasteiger partial charge in [0.2, 0.25) is 6.08 Å². The largest absolute Gasteiger partial charge is 0.410 e. The summed E-state index contributed by atoms with van der Waals surface area (Å²) in [7, 11) is -1.90. The highest BCUT2D eigenvalue weighted by molar-refractivity contribution is 9.10. The molecule has 6 heteroatoms. The third-order valence-corrected chi connectivity index (χ3v) is 9.47. The van der Waals surface area contributed by atoms with E-state index in [-0.39, 0.29) is 11.1 Å². The molecule has 1 atom stereocenters. The van der Waals surface area contributed by atoms with Gasteiger partial charge in [0.15, 0.2) is 8.32 Å². The lowest BCUT2D eigenvalue weighted by molar-refractivity contribution is 0.203. The maximum absolute atomic E-state index is 10.5. The molecule has 0 bridgehead atoms. The van der Waals surface area contributed by atoms with Gasteiger partial charge in [-0.05, 0) is 53.1 Å². The lowest BCUT2D eigenvalue weighted by atomic mass is 10.1. The van der Waals surface area contributed by atoms with Crippen LogP contribution in [0.1, 0.15) is 39.4 Å². The second kappa shape index (κ2) is 6.76. The molecule has 3 nitrogen and oxygen atoms in total. The molecule has 1 rings (SSSR count). The van der Waals surface area contributed by atoms with Crippen LogP contribution < -0.4 is 0 Å². The monoisotopic (exact) mass is 389 g/mol. The van der Waals surface area contributed by atoms with Crippen LogP contribution in [0.15, 0.2) is 21.6 Å². The van der Waals surface area contributed by atoms with Gasteiger partial charge in [-0.3, -0.25) is 0 Å². The summed E-state index contributed by atoms with van der Waals surface area (Å²) in [6, 6.07) is 3.51. The van der Waals surface area contributed by atoms with E-state index < -0.39 is 8.32 Å². The van der Waals surface area contributed by atoms with Crippen molar-refractivity contribution in [3.05, 3.63) is 27.2 Å². The molecular formula is C15H21BrClNO2Si. The van der Waals surface area contributed by atoms with E-state index >= 15 is 0 Å². The first kappa shape index (κ1) is 18.6. The SMILES string of the molecule is CC(O[Si](C)(C)C(C)(C)C)c1cc(N=C=O)c(Br)cc1Cl. The second-order valence-corrected chi connectivity index (χ2v) is 12.6. The number of carbonyl (C=O) groups excluding carboxylic acids is 1. The molecule has 0 N–H and O–H groups in total. The molecule has 0 aliphatic heterocycles. The summed E-state index contributed by atoms with van der Waals surface area (Å²) in [5, 5.41) is 0.713. The van der Waals surface area contributed by atoms with Crippen LogP contribution in [-0.2, 0) is 9.22 Å². The summed E-state index contributed by atoms with van der Waals surface area (Å²) in [6.07, 6.45) is 1.39. The number of rotatable bonds is 4. The van der Waals surface area contributed by atoms with E-state index in [4.69, 9.17) is 16.0 Å². The Labute approximate surface area is 141 Å². The fourth-order valence-electron chi connectivity index (χ4n) is 1.68. The zero-order chi connectivity index (χ0) is 16.4. The topological polar surface area (TPSA) is 38.7 Å². The van der Waals surface area contributed by atoms with Gasteiger partial charge in [-0.2, -0.15) is 4.99 Å². The third kappa shape index (κ3) is 4.51. The van der Waals surface area contributed by atoms with Crippen molar-refractivity contribution < 1.29 is 9.22 Å². The first-order valence-corrected chi connectivity index (χ1v) is 10.8. The van der Waals surface area contributed by atoms with Crippen molar-refractivity contribution in [3.8, 4) is 0 Å². The zero-order valence-electron chi connectivity index (χ0n) is 13.3. The first-order valence-electron chi connectivity index (χ1n) is 6.74. The Balaban J connectivity index is 3.16. The van der Waals surface area contributed by atoms with E-state index in [0.717, 1.165) is 5.56 Å². The lowest BCUT2D eigenvalue weighted by Gasteiger charge is -2.38. The number of benzene rings is 1. The highest BCUT2D eigenvalue weighted by Gasteiger charge is 2.38. The average Bonchev–Trinajstić information content (AvgIpc) is 2.30. The van der Waals surface area contributed by atoms with Crippen molar-refractivity contribution >= 4 is 47.6 Å². The second-order valence-electron chi connectivity index (χ2n) is 6.55. The standard InChI is InChI=1S/C15H21BrClNO2Si/c1-10(20-21(5,6)15(2,3)4)11-7-14(18-9-19)12(16)8-13(11)17/h7-8,10H,1-6H3. The number of hydrogen-bond donors (Lipinski definition) is 0. The van der Waals surface area contributed by atoms with E-state index in [1.54, 1.807) is 18.2 Å². The number of halogens is 2. The summed E-state index contributed by atoms with van der Waals surface area (Å²) in [6.45, 7) is 12.9. The number of hydrogen-bond acceptors (Lipinski definition) is 3. The molecule has 0 aromatic heterocycles. The van der Waals surface area contributed by atoms with Gasteiger partial charge in [0.25, 0.3) is 0 Å². The van der Waals surface area contributed by atoms with Crippen molar-refractivity contribution in [2.24, 2.45) is 4.99 Å². The molecule has 0 radical (unpaired) electrons. The van der Waals surface area contributed by atoms with Gasteiger partial charge in [0.1, 0.15) is 0 Å². The van der Waals surface area contributed by atoms with E-state index in [1.807, 2.05) is 6.92 Å². The predicted octanol–water partition coefficient (Wildman–Crippen LogP) is 6.15. The minimum Gasteiger partial charge on any atom is -0.410 e. The molecule has 1 aromatic carbocycles. The smallest absolute Gasteiger partial charge is 0.240 e.